The summed E-state index contributed by atoms with van der Waals surface area (Å²) >= 11 is 3.18. The molecule has 162 valence electrons. The third-order valence-corrected chi connectivity index (χ3v) is 5.46. The minimum Gasteiger partial charge on any atom is -0.444 e. The topological polar surface area (TPSA) is 74.6 Å². The number of nitrogens with one attached hydrogen (secondary N) is 2. The lowest BCUT2D eigenvalue weighted by molar-refractivity contribution is 0.0948. The lowest BCUT2D eigenvalue weighted by atomic mass is 10.1. The van der Waals surface area contributed by atoms with E-state index in [1.54, 1.807) is 36.4 Å². The molecule has 6 nitrogen and oxygen atoms in total. The molecular weight excluding hydrogens is 458 g/mol. The summed E-state index contributed by atoms with van der Waals surface area (Å²) < 4.78 is 5.74. The lowest BCUT2D eigenvalue weighted by Gasteiger charge is -2.22. The number of rotatable bonds is 8. The lowest BCUT2D eigenvalue weighted by Crippen LogP contribution is -2.27. The Morgan fingerprint density at radius 2 is 1.74 bits per heavy atom. The third-order valence-electron chi connectivity index (χ3n) is 5.04. The number of nitrogens with zero attached hydrogens (tertiary/aromatic N) is 1. The van der Waals surface area contributed by atoms with Crippen molar-refractivity contribution in [3.05, 3.63) is 87.8 Å². The van der Waals surface area contributed by atoms with Gasteiger partial charge in [-0.15, -0.1) is 0 Å². The Morgan fingerprint density at radius 1 is 1.00 bits per heavy atom. The number of furan rings is 1. The maximum absolute atomic E-state index is 12.7. The van der Waals surface area contributed by atoms with E-state index < -0.39 is 0 Å². The molecule has 0 bridgehead atoms. The van der Waals surface area contributed by atoms with Crippen LogP contribution in [0, 0.1) is 0 Å². The number of anilines is 1. The average molecular weight is 484 g/mol. The van der Waals surface area contributed by atoms with Crippen LogP contribution in [0.15, 0.2) is 69.8 Å². The first kappa shape index (κ1) is 22.8. The van der Waals surface area contributed by atoms with Gasteiger partial charge in [0, 0.05) is 30.4 Å². The summed E-state index contributed by atoms with van der Waals surface area (Å²) in [5.74, 6) is -0.403. The van der Waals surface area contributed by atoms with Crippen molar-refractivity contribution >= 4 is 33.4 Å². The minimum atomic E-state index is -0.383. The van der Waals surface area contributed by atoms with E-state index in [9.17, 15) is 9.59 Å². The van der Waals surface area contributed by atoms with Crippen LogP contribution >= 0.6 is 15.9 Å². The molecular formula is C24H26BrN3O3. The van der Waals surface area contributed by atoms with Crippen LogP contribution in [0.5, 0.6) is 0 Å². The van der Waals surface area contributed by atoms with Crippen LogP contribution in [-0.2, 0) is 13.1 Å². The molecule has 0 aliphatic rings. The summed E-state index contributed by atoms with van der Waals surface area (Å²) in [5, 5.41) is 5.72. The molecule has 3 aromatic rings. The maximum atomic E-state index is 12.7. The standard InChI is InChI=1S/C24H26BrN3O3/c1-16(2)28(3)15-19-8-5-4-7-18(19)14-26-23(29)17-9-6-10-20(13-17)27-24(30)21-11-12-22(25)31-21/h4-13,16H,14-15H2,1-3H3,(H,26,29)(H,27,30). The molecule has 0 fully saturated rings. The normalized spacial score (nSPS) is 11.0. The maximum Gasteiger partial charge on any atom is 0.291 e. The molecule has 0 saturated carbocycles. The predicted octanol–water partition coefficient (Wildman–Crippen LogP) is 5.06. The van der Waals surface area contributed by atoms with Crippen LogP contribution in [0.25, 0.3) is 0 Å². The third kappa shape index (κ3) is 6.29. The summed E-state index contributed by atoms with van der Waals surface area (Å²) in [5.41, 5.74) is 3.25. The molecule has 3 rings (SSSR count). The van der Waals surface area contributed by atoms with Gasteiger partial charge in [0.2, 0.25) is 0 Å². The Balaban J connectivity index is 1.64. The summed E-state index contributed by atoms with van der Waals surface area (Å²) in [7, 11) is 2.08. The number of benzene rings is 2. The summed E-state index contributed by atoms with van der Waals surface area (Å²) in [4.78, 5) is 27.2. The van der Waals surface area contributed by atoms with Crippen LogP contribution in [0.2, 0.25) is 0 Å². The molecule has 2 amide bonds. The second-order valence-electron chi connectivity index (χ2n) is 7.60. The molecule has 0 aliphatic heterocycles. The van der Waals surface area contributed by atoms with Gasteiger partial charge < -0.3 is 15.1 Å². The number of carbonyl (C=O) groups excluding carboxylic acids is 2. The monoisotopic (exact) mass is 483 g/mol. The second-order valence-corrected chi connectivity index (χ2v) is 8.38. The highest BCUT2D eigenvalue weighted by molar-refractivity contribution is 9.10. The molecule has 0 radical (unpaired) electrons. The van der Waals surface area contributed by atoms with Gasteiger partial charge in [-0.05, 0) is 78.3 Å². The van der Waals surface area contributed by atoms with Crippen LogP contribution in [0.4, 0.5) is 5.69 Å². The van der Waals surface area contributed by atoms with Crippen molar-refractivity contribution < 1.29 is 14.0 Å². The number of hydrogen-bond acceptors (Lipinski definition) is 4. The van der Waals surface area contributed by atoms with Gasteiger partial charge in [0.25, 0.3) is 11.8 Å². The summed E-state index contributed by atoms with van der Waals surface area (Å²) in [6, 6.07) is 18.6. The average Bonchev–Trinajstić information content (AvgIpc) is 3.19. The second kappa shape index (κ2) is 10.4. The number of halogens is 1. The Hall–Kier alpha value is -2.90. The van der Waals surface area contributed by atoms with Crippen LogP contribution in [0.3, 0.4) is 0 Å². The Labute approximate surface area is 190 Å². The molecule has 2 N–H and O–H groups in total. The minimum absolute atomic E-state index is 0.185. The first-order chi connectivity index (χ1) is 14.8. The largest absolute Gasteiger partial charge is 0.444 e. The molecule has 0 saturated heterocycles. The summed E-state index contributed by atoms with van der Waals surface area (Å²) in [6.45, 7) is 5.55. The van der Waals surface area contributed by atoms with Crippen LogP contribution < -0.4 is 10.6 Å². The van der Waals surface area contributed by atoms with Crippen molar-refractivity contribution in [2.75, 3.05) is 12.4 Å². The van der Waals surface area contributed by atoms with Crippen molar-refractivity contribution in [3.63, 3.8) is 0 Å². The van der Waals surface area contributed by atoms with Gasteiger partial charge in [-0.3, -0.25) is 14.5 Å². The van der Waals surface area contributed by atoms with E-state index in [1.165, 1.54) is 5.56 Å². The van der Waals surface area contributed by atoms with Crippen molar-refractivity contribution in [1.82, 2.24) is 10.2 Å². The van der Waals surface area contributed by atoms with E-state index in [2.05, 4.69) is 58.4 Å². The molecule has 0 atom stereocenters. The van der Waals surface area contributed by atoms with E-state index in [1.807, 2.05) is 18.2 Å². The van der Waals surface area contributed by atoms with Crippen molar-refractivity contribution in [3.8, 4) is 0 Å². The molecule has 1 heterocycles. The van der Waals surface area contributed by atoms with Crippen molar-refractivity contribution in [1.29, 1.82) is 0 Å². The highest BCUT2D eigenvalue weighted by Gasteiger charge is 2.13. The van der Waals surface area contributed by atoms with Gasteiger partial charge in [0.1, 0.15) is 0 Å². The Morgan fingerprint density at radius 3 is 2.42 bits per heavy atom. The van der Waals surface area contributed by atoms with Gasteiger partial charge in [-0.2, -0.15) is 0 Å². The van der Waals surface area contributed by atoms with Gasteiger partial charge in [0.05, 0.1) is 0 Å². The molecule has 1 aromatic heterocycles. The Bertz CT molecular complexity index is 1060. The van der Waals surface area contributed by atoms with Gasteiger partial charge in [-0.1, -0.05) is 30.3 Å². The number of hydrogen-bond donors (Lipinski definition) is 2. The molecule has 0 spiro atoms. The van der Waals surface area contributed by atoms with Crippen LogP contribution in [-0.4, -0.2) is 29.8 Å². The first-order valence-corrected chi connectivity index (χ1v) is 10.8. The highest BCUT2D eigenvalue weighted by atomic mass is 79.9. The van der Waals surface area contributed by atoms with Gasteiger partial charge >= 0.3 is 0 Å². The van der Waals surface area contributed by atoms with E-state index in [4.69, 9.17) is 4.42 Å². The Kier molecular flexibility index (Phi) is 7.65. The van der Waals surface area contributed by atoms with E-state index in [0.717, 1.165) is 12.1 Å². The van der Waals surface area contributed by atoms with Gasteiger partial charge in [-0.25, -0.2) is 0 Å². The molecule has 0 aliphatic carbocycles. The zero-order valence-corrected chi connectivity index (χ0v) is 19.4. The SMILES string of the molecule is CC(C)N(C)Cc1ccccc1CNC(=O)c1cccc(NC(=O)c2ccc(Br)o2)c1. The highest BCUT2D eigenvalue weighted by Crippen LogP contribution is 2.17. The fourth-order valence-electron chi connectivity index (χ4n) is 2.98. The zero-order chi connectivity index (χ0) is 22.4. The molecule has 31 heavy (non-hydrogen) atoms. The van der Waals surface area contributed by atoms with Crippen molar-refractivity contribution in [2.24, 2.45) is 0 Å². The number of amides is 2. The first-order valence-electron chi connectivity index (χ1n) is 10.1. The van der Waals surface area contributed by atoms with E-state index in [0.29, 0.717) is 28.5 Å². The molecule has 7 heteroatoms. The predicted molar refractivity (Wildman–Crippen MR) is 125 cm³/mol. The summed E-state index contributed by atoms with van der Waals surface area (Å²) in [6.07, 6.45) is 0. The van der Waals surface area contributed by atoms with Gasteiger partial charge in [0.15, 0.2) is 10.4 Å². The van der Waals surface area contributed by atoms with E-state index >= 15 is 0 Å². The fourth-order valence-corrected chi connectivity index (χ4v) is 3.29. The number of carbonyl (C=O) groups is 2. The fraction of sp³-hybridized carbons (Fsp3) is 0.250. The van der Waals surface area contributed by atoms with Crippen molar-refractivity contribution in [2.45, 2.75) is 33.0 Å². The zero-order valence-electron chi connectivity index (χ0n) is 17.8. The molecule has 0 unspecified atom stereocenters. The molecule has 2 aromatic carbocycles. The smallest absolute Gasteiger partial charge is 0.291 e. The quantitative estimate of drug-likeness (QED) is 0.469. The van der Waals surface area contributed by atoms with Crippen LogP contribution in [0.1, 0.15) is 45.9 Å². The van der Waals surface area contributed by atoms with E-state index in [-0.39, 0.29) is 17.6 Å².